The zero-order valence-electron chi connectivity index (χ0n) is 41.1. The molecule has 0 amide bonds. The van der Waals surface area contributed by atoms with E-state index in [2.05, 4.69) is 277 Å². The molecule has 0 fully saturated rings. The second kappa shape index (κ2) is 18.4. The molecule has 14 rings (SSSR count). The first-order chi connectivity index (χ1) is 36.7. The molecule has 0 saturated heterocycles. The smallest absolute Gasteiger partial charge is 0.0540 e. The largest absolute Gasteiger partial charge is 0.314 e. The van der Waals surface area contributed by atoms with Crippen molar-refractivity contribution in [2.75, 3.05) is 9.80 Å². The molecule has 0 saturated carbocycles. The van der Waals surface area contributed by atoms with E-state index in [9.17, 15) is 0 Å². The van der Waals surface area contributed by atoms with Crippen LogP contribution in [-0.2, 0) is 12.8 Å². The Labute approximate surface area is 433 Å². The summed E-state index contributed by atoms with van der Waals surface area (Å²) in [5.41, 5.74) is 20.6. The van der Waals surface area contributed by atoms with Crippen LogP contribution in [0.1, 0.15) is 29.5 Å². The van der Waals surface area contributed by atoms with Gasteiger partial charge in [-0.3, -0.25) is 0 Å². The molecule has 0 bridgehead atoms. The van der Waals surface area contributed by atoms with Gasteiger partial charge in [0.05, 0.1) is 5.69 Å². The summed E-state index contributed by atoms with van der Waals surface area (Å²) in [7, 11) is 0. The van der Waals surface area contributed by atoms with Gasteiger partial charge in [0.1, 0.15) is 0 Å². The van der Waals surface area contributed by atoms with Crippen LogP contribution >= 0.6 is 0 Å². The Kier molecular flexibility index (Phi) is 10.8. The molecule has 0 atom stereocenters. The molecular weight excluding hydrogens is 893 g/mol. The van der Waals surface area contributed by atoms with E-state index in [4.69, 9.17) is 0 Å². The van der Waals surface area contributed by atoms with Crippen molar-refractivity contribution in [3.8, 4) is 44.5 Å². The lowest BCUT2D eigenvalue weighted by atomic mass is 9.87. The summed E-state index contributed by atoms with van der Waals surface area (Å²) in [4.78, 5) is 5.11. The number of fused-ring (bicyclic) bond motifs is 2. The fourth-order valence-electron chi connectivity index (χ4n) is 11.9. The Balaban J connectivity index is 1.03. The van der Waals surface area contributed by atoms with Gasteiger partial charge in [-0.15, -0.1) is 0 Å². The highest BCUT2D eigenvalue weighted by Crippen LogP contribution is 2.47. The van der Waals surface area contributed by atoms with Crippen molar-refractivity contribution in [1.29, 1.82) is 0 Å². The summed E-state index contributed by atoms with van der Waals surface area (Å²) in [6, 6.07) is 94.8. The van der Waals surface area contributed by atoms with E-state index in [1.54, 1.807) is 0 Å². The molecule has 12 aromatic carbocycles. The zero-order valence-corrected chi connectivity index (χ0v) is 41.1. The Hall–Kier alpha value is -9.24. The minimum Gasteiger partial charge on any atom is -0.314 e. The first kappa shape index (κ1) is 43.5. The van der Waals surface area contributed by atoms with Crippen LogP contribution in [0.25, 0.3) is 88.6 Å². The number of allylic oxidation sites excluding steroid dienone is 1. The van der Waals surface area contributed by atoms with Crippen LogP contribution in [0.2, 0.25) is 0 Å². The van der Waals surface area contributed by atoms with Gasteiger partial charge in [-0.25, -0.2) is 0 Å². The molecule has 0 heterocycles. The number of hydrogen-bond acceptors (Lipinski definition) is 2. The molecule has 0 N–H and O–H groups in total. The van der Waals surface area contributed by atoms with Gasteiger partial charge in [0.15, 0.2) is 0 Å². The van der Waals surface area contributed by atoms with Crippen LogP contribution < -0.4 is 15.0 Å². The summed E-state index contributed by atoms with van der Waals surface area (Å²) >= 11 is 0. The van der Waals surface area contributed by atoms with Gasteiger partial charge < -0.3 is 9.80 Å². The standard InChI is InChI=1S/C72H52N2/c1-5-17-49(18-6-1)59-41-60(50-19-7-2-8-20-50)46-65(45-59)73(63-35-29-53-25-13-15-27-57(53)43-63)69-39-33-55-32-38-68-70(40-34-56-31-37-67(69)71(55)72(56)68)74(64-36-30-54-26-14-16-28-58(54)44-64)66-47-61(51-21-9-3-10-22-51)42-62(48-66)52-23-11-4-12-24-52/h1-13,15-25,27-32,34-38,40-48H,14,26,33,39H2. The van der Waals surface area contributed by atoms with Crippen molar-refractivity contribution < 1.29 is 0 Å². The van der Waals surface area contributed by atoms with E-state index in [0.29, 0.717) is 0 Å². The Bertz CT molecular complexity index is 4060. The molecular formula is C72H52N2. The molecule has 0 aliphatic heterocycles. The fourth-order valence-corrected chi connectivity index (χ4v) is 11.9. The minimum absolute atomic E-state index is 0.888. The van der Waals surface area contributed by atoms with Crippen molar-refractivity contribution in [2.24, 2.45) is 0 Å². The average Bonchev–Trinajstić information content (AvgIpc) is 3.48. The topological polar surface area (TPSA) is 6.48 Å². The molecule has 350 valence electrons. The average molecular weight is 945 g/mol. The quantitative estimate of drug-likeness (QED) is 0.135. The van der Waals surface area contributed by atoms with Crippen LogP contribution in [0.3, 0.4) is 0 Å². The lowest BCUT2D eigenvalue weighted by Crippen LogP contribution is -2.27. The third kappa shape index (κ3) is 7.84. The van der Waals surface area contributed by atoms with Crippen LogP contribution in [0.15, 0.2) is 261 Å². The molecule has 2 heteroatoms. The highest BCUT2D eigenvalue weighted by molar-refractivity contribution is 6.18. The summed E-state index contributed by atoms with van der Waals surface area (Å²) < 4.78 is 0. The molecule has 0 aromatic heterocycles. The minimum atomic E-state index is 0.888. The van der Waals surface area contributed by atoms with E-state index < -0.39 is 0 Å². The number of benzene rings is 12. The molecule has 2 aliphatic rings. The Morgan fingerprint density at radius 2 is 0.811 bits per heavy atom. The van der Waals surface area contributed by atoms with E-state index in [0.717, 1.165) is 54.1 Å². The molecule has 0 spiro atoms. The highest BCUT2D eigenvalue weighted by Gasteiger charge is 2.26. The summed E-state index contributed by atoms with van der Waals surface area (Å²) in [6.07, 6.45) is 8.58. The lowest BCUT2D eigenvalue weighted by Gasteiger charge is -2.33. The summed E-state index contributed by atoms with van der Waals surface area (Å²) in [5.74, 6) is 0. The fraction of sp³-hybridized carbons (Fsp3) is 0.0556. The maximum atomic E-state index is 2.58. The summed E-state index contributed by atoms with van der Waals surface area (Å²) in [6.45, 7) is 0. The third-order valence-electron chi connectivity index (χ3n) is 15.5. The molecule has 0 unspecified atom stereocenters. The first-order valence-electron chi connectivity index (χ1n) is 26.1. The van der Waals surface area contributed by atoms with Gasteiger partial charge in [-0.05, 0) is 181 Å². The maximum Gasteiger partial charge on any atom is 0.0540 e. The second-order valence-corrected chi connectivity index (χ2v) is 19.9. The maximum absolute atomic E-state index is 2.58. The summed E-state index contributed by atoms with van der Waals surface area (Å²) in [5, 5.41) is 8.87. The number of anilines is 5. The number of aryl methyl sites for hydroxylation is 2. The van der Waals surface area contributed by atoms with E-state index in [-0.39, 0.29) is 0 Å². The van der Waals surface area contributed by atoms with E-state index >= 15 is 0 Å². The van der Waals surface area contributed by atoms with Crippen molar-refractivity contribution in [3.05, 3.63) is 283 Å². The normalized spacial score (nSPS) is 12.8. The van der Waals surface area contributed by atoms with Crippen LogP contribution in [0.5, 0.6) is 0 Å². The Morgan fingerprint density at radius 1 is 0.297 bits per heavy atom. The lowest BCUT2D eigenvalue weighted by molar-refractivity contribution is 0.974. The van der Waals surface area contributed by atoms with Gasteiger partial charge in [0.25, 0.3) is 0 Å². The third-order valence-corrected chi connectivity index (χ3v) is 15.5. The number of rotatable bonds is 10. The molecule has 12 aromatic rings. The molecule has 2 nitrogen and oxygen atoms in total. The van der Waals surface area contributed by atoms with Crippen molar-refractivity contribution >= 4 is 72.5 Å². The van der Waals surface area contributed by atoms with Gasteiger partial charge >= 0.3 is 0 Å². The van der Waals surface area contributed by atoms with E-state index in [1.165, 1.54) is 104 Å². The van der Waals surface area contributed by atoms with Crippen LogP contribution in [0.4, 0.5) is 28.4 Å². The van der Waals surface area contributed by atoms with Gasteiger partial charge in [-0.2, -0.15) is 0 Å². The molecule has 2 aliphatic carbocycles. The number of hydrogen-bond donors (Lipinski definition) is 0. The molecule has 0 radical (unpaired) electrons. The predicted octanol–water partition coefficient (Wildman–Crippen LogP) is 18.9. The predicted molar refractivity (Wildman–Crippen MR) is 315 cm³/mol. The number of nitrogens with zero attached hydrogens (tertiary/aromatic N) is 2. The van der Waals surface area contributed by atoms with Crippen molar-refractivity contribution in [1.82, 2.24) is 0 Å². The van der Waals surface area contributed by atoms with Gasteiger partial charge in [-0.1, -0.05) is 200 Å². The Morgan fingerprint density at radius 3 is 1.43 bits per heavy atom. The van der Waals surface area contributed by atoms with Crippen molar-refractivity contribution in [2.45, 2.75) is 25.7 Å². The zero-order chi connectivity index (χ0) is 49.0. The highest BCUT2D eigenvalue weighted by atomic mass is 15.2. The van der Waals surface area contributed by atoms with Gasteiger partial charge in [0.2, 0.25) is 0 Å². The van der Waals surface area contributed by atoms with Crippen LogP contribution in [0, 0.1) is 0 Å². The van der Waals surface area contributed by atoms with Gasteiger partial charge in [0, 0.05) is 39.1 Å². The van der Waals surface area contributed by atoms with E-state index in [1.807, 2.05) is 0 Å². The first-order valence-corrected chi connectivity index (χ1v) is 26.1. The van der Waals surface area contributed by atoms with Crippen LogP contribution in [-0.4, -0.2) is 0 Å². The second-order valence-electron chi connectivity index (χ2n) is 19.9. The van der Waals surface area contributed by atoms with Crippen molar-refractivity contribution in [3.63, 3.8) is 0 Å². The molecule has 74 heavy (non-hydrogen) atoms. The monoisotopic (exact) mass is 944 g/mol. The SMILES string of the molecule is C1=Cc2cc(N(c3cc(-c4ccccc4)cc(-c4ccccc4)c3)c3ccc4ccc5c6c(ccc3c46)CCC=5N(c3cc(-c4ccccc4)cc(-c4ccccc4)c3)c3ccc4ccccc4c3)ccc2CC1.